The number of benzene rings is 2. The monoisotopic (exact) mass is 631 g/mol. The van der Waals surface area contributed by atoms with Gasteiger partial charge in [0, 0.05) is 18.5 Å². The van der Waals surface area contributed by atoms with E-state index in [4.69, 9.17) is 37.4 Å². The van der Waals surface area contributed by atoms with Gasteiger partial charge >= 0.3 is 18.1 Å². The molecule has 0 saturated carbocycles. The largest absolute Gasteiger partial charge is 0.490 e. The first kappa shape index (κ1) is 34.0. The minimum absolute atomic E-state index is 0.0572. The van der Waals surface area contributed by atoms with E-state index in [0.717, 1.165) is 24.8 Å². The maximum absolute atomic E-state index is 13.0. The summed E-state index contributed by atoms with van der Waals surface area (Å²) in [7, 11) is 0. The number of esters is 2. The van der Waals surface area contributed by atoms with Crippen LogP contribution in [0.1, 0.15) is 63.1 Å². The highest BCUT2D eigenvalue weighted by molar-refractivity contribution is 6.43. The van der Waals surface area contributed by atoms with Crippen LogP contribution in [0.5, 0.6) is 5.75 Å². The van der Waals surface area contributed by atoms with Crippen LogP contribution in [-0.4, -0.2) is 49.5 Å². The molecular formula is C31H38Cl2F3NO5. The number of ether oxygens (including phenoxy) is 3. The summed E-state index contributed by atoms with van der Waals surface area (Å²) in [5.41, 5.74) is 2.95. The van der Waals surface area contributed by atoms with Crippen LogP contribution in [-0.2, 0) is 38.3 Å². The van der Waals surface area contributed by atoms with E-state index in [9.17, 15) is 22.8 Å². The summed E-state index contributed by atoms with van der Waals surface area (Å²) in [6.45, 7) is 5.61. The number of nitrogens with one attached hydrogen (secondary N) is 1. The fourth-order valence-corrected chi connectivity index (χ4v) is 5.70. The molecule has 2 aromatic carbocycles. The molecule has 42 heavy (non-hydrogen) atoms. The fourth-order valence-electron chi connectivity index (χ4n) is 5.21. The van der Waals surface area contributed by atoms with E-state index in [1.807, 2.05) is 26.0 Å². The molecule has 1 aliphatic carbocycles. The van der Waals surface area contributed by atoms with Gasteiger partial charge in [-0.1, -0.05) is 53.5 Å². The Balaban J connectivity index is 1.58. The number of rotatable bonds is 15. The van der Waals surface area contributed by atoms with Gasteiger partial charge in [0.1, 0.15) is 23.5 Å². The first-order chi connectivity index (χ1) is 19.8. The Kier molecular flexibility index (Phi) is 12.4. The van der Waals surface area contributed by atoms with Crippen LogP contribution >= 0.6 is 23.2 Å². The van der Waals surface area contributed by atoms with Crippen molar-refractivity contribution < 1.29 is 37.0 Å². The van der Waals surface area contributed by atoms with E-state index >= 15 is 0 Å². The van der Waals surface area contributed by atoms with E-state index in [1.54, 1.807) is 19.1 Å². The van der Waals surface area contributed by atoms with Crippen molar-refractivity contribution in [2.75, 3.05) is 19.8 Å². The van der Waals surface area contributed by atoms with Crippen molar-refractivity contribution in [1.82, 2.24) is 5.32 Å². The van der Waals surface area contributed by atoms with Crippen LogP contribution in [0.4, 0.5) is 13.2 Å². The van der Waals surface area contributed by atoms with E-state index in [0.29, 0.717) is 38.2 Å². The van der Waals surface area contributed by atoms with Gasteiger partial charge in [0.25, 0.3) is 0 Å². The lowest BCUT2D eigenvalue weighted by molar-refractivity contribution is -0.205. The summed E-state index contributed by atoms with van der Waals surface area (Å²) in [6.07, 6.45) is -1.55. The first-order valence-electron chi connectivity index (χ1n) is 14.1. The summed E-state index contributed by atoms with van der Waals surface area (Å²) < 4.78 is 54.5. The Morgan fingerprint density at radius 1 is 1.02 bits per heavy atom. The molecule has 0 saturated heterocycles. The van der Waals surface area contributed by atoms with Crippen molar-refractivity contribution in [3.8, 4) is 5.75 Å². The van der Waals surface area contributed by atoms with E-state index in [-0.39, 0.29) is 34.9 Å². The highest BCUT2D eigenvalue weighted by Crippen LogP contribution is 2.36. The third-order valence-electron chi connectivity index (χ3n) is 7.18. The zero-order valence-electron chi connectivity index (χ0n) is 24.1. The zero-order valence-corrected chi connectivity index (χ0v) is 25.6. The second-order valence-corrected chi connectivity index (χ2v) is 12.0. The summed E-state index contributed by atoms with van der Waals surface area (Å²) in [5.74, 6) is -1.99. The van der Waals surface area contributed by atoms with Gasteiger partial charge in [-0.05, 0) is 88.0 Å². The molecule has 2 aromatic rings. The molecule has 0 aromatic heterocycles. The molecule has 1 N–H and O–H groups in total. The van der Waals surface area contributed by atoms with Crippen molar-refractivity contribution in [1.29, 1.82) is 0 Å². The van der Waals surface area contributed by atoms with Crippen molar-refractivity contribution in [3.05, 3.63) is 63.1 Å². The molecule has 0 heterocycles. The predicted molar refractivity (Wildman–Crippen MR) is 156 cm³/mol. The van der Waals surface area contributed by atoms with E-state index in [1.165, 1.54) is 11.1 Å². The average Bonchev–Trinajstić information content (AvgIpc) is 3.32. The third-order valence-corrected chi connectivity index (χ3v) is 8.09. The molecule has 0 unspecified atom stereocenters. The molecule has 11 heteroatoms. The number of carbonyl (C=O) groups is 2. The van der Waals surface area contributed by atoms with Crippen LogP contribution in [0.15, 0.2) is 36.4 Å². The SMILES string of the molecule is CCOC(=O)CCCCc1ccc(OC[C@@H](CNC(C)(C)CC2Cc3ccccc3C2)OC(=O)C(F)(F)F)c(Cl)c1Cl. The molecular weight excluding hydrogens is 594 g/mol. The number of hydrogen-bond donors (Lipinski definition) is 1. The minimum Gasteiger partial charge on any atom is -0.488 e. The minimum atomic E-state index is -5.14. The lowest BCUT2D eigenvalue weighted by Gasteiger charge is -2.31. The van der Waals surface area contributed by atoms with Crippen molar-refractivity contribution in [2.24, 2.45) is 5.92 Å². The standard InChI is InChI=1S/C31H38Cl2F3NO5/c1-4-40-26(38)12-8-7-9-21-13-14-25(28(33)27(21)32)41-19-24(42-29(39)31(34,35)36)18-37-30(2,3)17-20-15-22-10-5-6-11-23(22)16-20/h5-6,10-11,13-14,20,24,37H,4,7-9,12,15-19H2,1-3H3/t24-/m1/s1. The Morgan fingerprint density at radius 2 is 1.69 bits per heavy atom. The number of aryl methyl sites for hydroxylation is 1. The number of carbonyl (C=O) groups excluding carboxylic acids is 2. The van der Waals surface area contributed by atoms with E-state index < -0.39 is 23.8 Å². The molecule has 232 valence electrons. The Morgan fingerprint density at radius 3 is 2.31 bits per heavy atom. The number of halogens is 5. The van der Waals surface area contributed by atoms with Gasteiger partial charge < -0.3 is 19.5 Å². The van der Waals surface area contributed by atoms with Gasteiger partial charge in [0.15, 0.2) is 0 Å². The molecule has 0 fully saturated rings. The number of unbranched alkanes of at least 4 members (excludes halogenated alkanes) is 1. The summed E-state index contributed by atoms with van der Waals surface area (Å²) in [5, 5.41) is 3.63. The topological polar surface area (TPSA) is 73.9 Å². The lowest BCUT2D eigenvalue weighted by Crippen LogP contribution is -2.48. The van der Waals surface area contributed by atoms with Gasteiger partial charge in [0.05, 0.1) is 11.6 Å². The van der Waals surface area contributed by atoms with Gasteiger partial charge in [-0.3, -0.25) is 4.79 Å². The lowest BCUT2D eigenvalue weighted by atomic mass is 9.88. The normalized spacial score (nSPS) is 14.4. The first-order valence-corrected chi connectivity index (χ1v) is 14.9. The van der Waals surface area contributed by atoms with Crippen molar-refractivity contribution in [2.45, 2.75) is 83.5 Å². The maximum atomic E-state index is 13.0. The molecule has 0 amide bonds. The second kappa shape index (κ2) is 15.3. The van der Waals surface area contributed by atoms with Gasteiger partial charge in [-0.25, -0.2) is 4.79 Å². The molecule has 0 spiro atoms. The second-order valence-electron chi connectivity index (χ2n) is 11.2. The quantitative estimate of drug-likeness (QED) is 0.164. The molecule has 0 bridgehead atoms. The molecule has 1 aliphatic rings. The van der Waals surface area contributed by atoms with E-state index in [2.05, 4.69) is 17.4 Å². The van der Waals surface area contributed by atoms with Crippen LogP contribution in [0.2, 0.25) is 10.0 Å². The molecule has 3 rings (SSSR count). The van der Waals surface area contributed by atoms with Crippen LogP contribution < -0.4 is 10.1 Å². The molecule has 0 aliphatic heterocycles. The maximum Gasteiger partial charge on any atom is 0.490 e. The molecule has 1 atom stereocenters. The van der Waals surface area contributed by atoms with Crippen LogP contribution in [0, 0.1) is 5.92 Å². The Hall–Kier alpha value is -2.49. The summed E-state index contributed by atoms with van der Waals surface area (Å²) in [6, 6.07) is 11.6. The summed E-state index contributed by atoms with van der Waals surface area (Å²) >= 11 is 12.8. The number of hydrogen-bond acceptors (Lipinski definition) is 6. The predicted octanol–water partition coefficient (Wildman–Crippen LogP) is 7.30. The Labute approximate surface area is 255 Å². The van der Waals surface area contributed by atoms with Crippen molar-refractivity contribution in [3.63, 3.8) is 0 Å². The number of fused-ring (bicyclic) bond motifs is 1. The molecule has 0 radical (unpaired) electrons. The molecule has 6 nitrogen and oxygen atoms in total. The van der Waals surface area contributed by atoms with Crippen molar-refractivity contribution >= 4 is 35.1 Å². The average molecular weight is 633 g/mol. The Bertz CT molecular complexity index is 1200. The van der Waals surface area contributed by atoms with Gasteiger partial charge in [0.2, 0.25) is 0 Å². The fraction of sp³-hybridized carbons (Fsp3) is 0.548. The third kappa shape index (κ3) is 10.3. The highest BCUT2D eigenvalue weighted by atomic mass is 35.5. The summed E-state index contributed by atoms with van der Waals surface area (Å²) in [4.78, 5) is 23.2. The van der Waals surface area contributed by atoms with Crippen LogP contribution in [0.25, 0.3) is 0 Å². The van der Waals surface area contributed by atoms with Gasteiger partial charge in [-0.2, -0.15) is 13.2 Å². The number of alkyl halides is 3. The highest BCUT2D eigenvalue weighted by Gasteiger charge is 2.42. The zero-order chi connectivity index (χ0) is 30.9. The van der Waals surface area contributed by atoms with Gasteiger partial charge in [-0.15, -0.1) is 0 Å². The smallest absolute Gasteiger partial charge is 0.488 e. The van der Waals surface area contributed by atoms with Crippen LogP contribution in [0.3, 0.4) is 0 Å².